The largest absolute Gasteiger partial charge is 0.392 e. The molecule has 1 spiro atoms. The lowest BCUT2D eigenvalue weighted by atomic mass is 9.58. The molecular formula is C14H23N3O2. The normalized spacial score (nSPS) is 30.4. The van der Waals surface area contributed by atoms with Crippen molar-refractivity contribution in [3.63, 3.8) is 0 Å². The van der Waals surface area contributed by atoms with Crippen LogP contribution in [0.3, 0.4) is 0 Å². The minimum absolute atomic E-state index is 0.0235. The molecule has 1 saturated carbocycles. The van der Waals surface area contributed by atoms with E-state index in [4.69, 9.17) is 4.74 Å². The Labute approximate surface area is 114 Å². The fourth-order valence-corrected chi connectivity index (χ4v) is 3.54. The average Bonchev–Trinajstić information content (AvgIpc) is 2.92. The monoisotopic (exact) mass is 265 g/mol. The molecule has 2 heterocycles. The highest BCUT2D eigenvalue weighted by atomic mass is 16.5. The second-order valence-corrected chi connectivity index (χ2v) is 5.74. The molecule has 2 unspecified atom stereocenters. The number of ether oxygens (including phenoxy) is 1. The standard InChI is InChI=1S/C14H23N3O2/c1-2-19-12-9-11(18)14(12)3-7-17(8-4-14)10-13-15-5-6-16-13/h5-6,11-12,18H,2-4,7-10H2,1H3,(H,15,16). The van der Waals surface area contributed by atoms with E-state index in [1.54, 1.807) is 6.20 Å². The van der Waals surface area contributed by atoms with E-state index in [0.29, 0.717) is 0 Å². The van der Waals surface area contributed by atoms with Gasteiger partial charge in [-0.05, 0) is 32.9 Å². The summed E-state index contributed by atoms with van der Waals surface area (Å²) in [6.45, 7) is 5.68. The second kappa shape index (κ2) is 5.23. The maximum absolute atomic E-state index is 10.1. The van der Waals surface area contributed by atoms with Crippen molar-refractivity contribution in [1.82, 2.24) is 14.9 Å². The van der Waals surface area contributed by atoms with Gasteiger partial charge in [-0.25, -0.2) is 4.98 Å². The van der Waals surface area contributed by atoms with Gasteiger partial charge in [0.05, 0.1) is 18.8 Å². The van der Waals surface area contributed by atoms with Crippen LogP contribution < -0.4 is 0 Å². The Morgan fingerprint density at radius 1 is 1.53 bits per heavy atom. The minimum atomic E-state index is -0.171. The Morgan fingerprint density at radius 3 is 2.89 bits per heavy atom. The van der Waals surface area contributed by atoms with Crippen molar-refractivity contribution in [2.45, 2.75) is 44.9 Å². The molecule has 1 aliphatic heterocycles. The highest BCUT2D eigenvalue weighted by Gasteiger charge is 2.55. The van der Waals surface area contributed by atoms with Gasteiger partial charge in [-0.2, -0.15) is 0 Å². The smallest absolute Gasteiger partial charge is 0.120 e. The van der Waals surface area contributed by atoms with Crippen LogP contribution >= 0.6 is 0 Å². The predicted octanol–water partition coefficient (Wildman–Crippen LogP) is 1.16. The molecule has 1 aromatic rings. The van der Waals surface area contributed by atoms with Crippen molar-refractivity contribution in [2.75, 3.05) is 19.7 Å². The summed E-state index contributed by atoms with van der Waals surface area (Å²) >= 11 is 0. The predicted molar refractivity (Wildman–Crippen MR) is 71.6 cm³/mol. The molecule has 3 rings (SSSR count). The summed E-state index contributed by atoms with van der Waals surface area (Å²) in [7, 11) is 0. The van der Waals surface area contributed by atoms with E-state index in [1.807, 2.05) is 13.1 Å². The Kier molecular flexibility index (Phi) is 3.60. The molecule has 2 fully saturated rings. The number of nitrogens with zero attached hydrogens (tertiary/aromatic N) is 2. The van der Waals surface area contributed by atoms with E-state index in [0.717, 1.165) is 51.3 Å². The zero-order valence-corrected chi connectivity index (χ0v) is 11.5. The number of nitrogens with one attached hydrogen (secondary N) is 1. The van der Waals surface area contributed by atoms with Gasteiger partial charge in [0, 0.05) is 30.8 Å². The van der Waals surface area contributed by atoms with E-state index < -0.39 is 0 Å². The fraction of sp³-hybridized carbons (Fsp3) is 0.786. The molecule has 106 valence electrons. The number of hydrogen-bond acceptors (Lipinski definition) is 4. The molecule has 19 heavy (non-hydrogen) atoms. The molecule has 1 aliphatic carbocycles. The Morgan fingerprint density at radius 2 is 2.32 bits per heavy atom. The molecule has 2 atom stereocenters. The molecule has 0 radical (unpaired) electrons. The highest BCUT2D eigenvalue weighted by molar-refractivity contribution is 5.06. The fourth-order valence-electron chi connectivity index (χ4n) is 3.54. The van der Waals surface area contributed by atoms with E-state index in [2.05, 4.69) is 14.9 Å². The number of H-pyrrole nitrogens is 1. The number of aromatic nitrogens is 2. The topological polar surface area (TPSA) is 61.4 Å². The zero-order valence-electron chi connectivity index (χ0n) is 11.5. The summed E-state index contributed by atoms with van der Waals surface area (Å²) in [6.07, 6.45) is 6.61. The van der Waals surface area contributed by atoms with Crippen LogP contribution in [0.4, 0.5) is 0 Å². The molecular weight excluding hydrogens is 242 g/mol. The lowest BCUT2D eigenvalue weighted by Crippen LogP contribution is -2.62. The maximum atomic E-state index is 10.1. The number of hydrogen-bond donors (Lipinski definition) is 2. The van der Waals surface area contributed by atoms with Crippen molar-refractivity contribution < 1.29 is 9.84 Å². The quantitative estimate of drug-likeness (QED) is 0.857. The Bertz CT molecular complexity index is 397. The first-order chi connectivity index (χ1) is 9.24. The van der Waals surface area contributed by atoms with E-state index in [1.165, 1.54) is 0 Å². The van der Waals surface area contributed by atoms with E-state index in [-0.39, 0.29) is 17.6 Å². The summed E-state index contributed by atoms with van der Waals surface area (Å²) in [5.74, 6) is 1.02. The summed E-state index contributed by atoms with van der Waals surface area (Å²) in [5.41, 5.74) is 0.0235. The number of aliphatic hydroxyl groups is 1. The summed E-state index contributed by atoms with van der Waals surface area (Å²) in [4.78, 5) is 9.81. The van der Waals surface area contributed by atoms with Gasteiger partial charge in [-0.1, -0.05) is 0 Å². The molecule has 0 bridgehead atoms. The summed E-state index contributed by atoms with van der Waals surface area (Å²) in [6, 6.07) is 0. The summed E-state index contributed by atoms with van der Waals surface area (Å²) in [5, 5.41) is 10.1. The molecule has 2 N–H and O–H groups in total. The van der Waals surface area contributed by atoms with Crippen molar-refractivity contribution in [3.8, 4) is 0 Å². The van der Waals surface area contributed by atoms with Crippen LogP contribution in [-0.4, -0.2) is 51.9 Å². The number of likely N-dealkylation sites (tertiary alicyclic amines) is 1. The van der Waals surface area contributed by atoms with Gasteiger partial charge in [0.1, 0.15) is 5.82 Å². The molecule has 2 aliphatic rings. The average molecular weight is 265 g/mol. The number of piperidine rings is 1. The van der Waals surface area contributed by atoms with Crippen LogP contribution in [0.15, 0.2) is 12.4 Å². The van der Waals surface area contributed by atoms with Crippen molar-refractivity contribution in [1.29, 1.82) is 0 Å². The third kappa shape index (κ3) is 2.30. The van der Waals surface area contributed by atoms with Gasteiger partial charge >= 0.3 is 0 Å². The zero-order chi connectivity index (χ0) is 13.3. The third-order valence-corrected chi connectivity index (χ3v) is 4.83. The van der Waals surface area contributed by atoms with E-state index >= 15 is 0 Å². The first-order valence-corrected chi connectivity index (χ1v) is 7.25. The van der Waals surface area contributed by atoms with Crippen LogP contribution in [0.2, 0.25) is 0 Å². The van der Waals surface area contributed by atoms with Crippen molar-refractivity contribution in [2.24, 2.45) is 5.41 Å². The van der Waals surface area contributed by atoms with Crippen molar-refractivity contribution in [3.05, 3.63) is 18.2 Å². The lowest BCUT2D eigenvalue weighted by Gasteiger charge is -2.56. The number of aliphatic hydroxyl groups excluding tert-OH is 1. The van der Waals surface area contributed by atoms with Crippen LogP contribution in [0.5, 0.6) is 0 Å². The van der Waals surface area contributed by atoms with E-state index in [9.17, 15) is 5.11 Å². The van der Waals surface area contributed by atoms with Gasteiger partial charge in [0.25, 0.3) is 0 Å². The summed E-state index contributed by atoms with van der Waals surface area (Å²) < 4.78 is 5.79. The molecule has 0 aromatic carbocycles. The minimum Gasteiger partial charge on any atom is -0.392 e. The SMILES string of the molecule is CCOC1CC(O)C12CCN(Cc1ncc[nH]1)CC2. The van der Waals surface area contributed by atoms with Crippen LogP contribution in [0, 0.1) is 5.41 Å². The van der Waals surface area contributed by atoms with Crippen LogP contribution in [0.25, 0.3) is 0 Å². The molecule has 5 nitrogen and oxygen atoms in total. The molecule has 0 amide bonds. The number of rotatable bonds is 4. The van der Waals surface area contributed by atoms with Crippen LogP contribution in [-0.2, 0) is 11.3 Å². The lowest BCUT2D eigenvalue weighted by molar-refractivity contribution is -0.210. The molecule has 1 aromatic heterocycles. The third-order valence-electron chi connectivity index (χ3n) is 4.83. The second-order valence-electron chi connectivity index (χ2n) is 5.74. The van der Waals surface area contributed by atoms with Gasteiger partial charge in [-0.3, -0.25) is 4.90 Å². The first-order valence-electron chi connectivity index (χ1n) is 7.25. The molecule has 1 saturated heterocycles. The van der Waals surface area contributed by atoms with Gasteiger partial charge < -0.3 is 14.8 Å². The highest BCUT2D eigenvalue weighted by Crippen LogP contribution is 2.50. The number of imidazole rings is 1. The van der Waals surface area contributed by atoms with Gasteiger partial charge in [-0.15, -0.1) is 0 Å². The van der Waals surface area contributed by atoms with Gasteiger partial charge in [0.15, 0.2) is 0 Å². The number of aromatic amines is 1. The first kappa shape index (κ1) is 13.1. The Balaban J connectivity index is 1.56. The van der Waals surface area contributed by atoms with Crippen molar-refractivity contribution >= 4 is 0 Å². The van der Waals surface area contributed by atoms with Crippen LogP contribution in [0.1, 0.15) is 32.0 Å². The van der Waals surface area contributed by atoms with Gasteiger partial charge in [0.2, 0.25) is 0 Å². The molecule has 5 heteroatoms. The maximum Gasteiger partial charge on any atom is 0.120 e. The Hall–Kier alpha value is -0.910.